The van der Waals surface area contributed by atoms with Crippen molar-refractivity contribution in [2.45, 2.75) is 50.8 Å². The maximum Gasteiger partial charge on any atom is 0.380 e. The molecule has 3 rings (SSSR count). The number of hydrogen-bond acceptors (Lipinski definition) is 11. The molecule has 0 aliphatic carbocycles. The second kappa shape index (κ2) is 12.3. The van der Waals surface area contributed by atoms with Gasteiger partial charge in [-0.2, -0.15) is 4.98 Å². The third kappa shape index (κ3) is 6.94. The van der Waals surface area contributed by atoms with E-state index in [0.717, 1.165) is 4.57 Å². The summed E-state index contributed by atoms with van der Waals surface area (Å²) >= 11 is 5.57. The molecular formula is C24H30ClN4O8P. The Balaban J connectivity index is 1.99. The van der Waals surface area contributed by atoms with Crippen LogP contribution in [0, 0.1) is 17.2 Å². The molecule has 1 aliphatic heterocycles. The van der Waals surface area contributed by atoms with Crippen LogP contribution in [-0.4, -0.2) is 57.2 Å². The van der Waals surface area contributed by atoms with Gasteiger partial charge in [0.15, 0.2) is 11.8 Å². The minimum absolute atomic E-state index is 0.0671. The number of aromatic nitrogens is 2. The molecule has 206 valence electrons. The number of nitrogens with two attached hydrogens (primary N) is 2. The summed E-state index contributed by atoms with van der Waals surface area (Å²) in [7, 11) is -4.53. The number of carbonyl (C=O) groups excluding carboxylic acids is 1. The molecule has 0 amide bonds. The fourth-order valence-corrected chi connectivity index (χ4v) is 5.44. The van der Waals surface area contributed by atoms with Gasteiger partial charge in [-0.15, -0.1) is 0 Å². The summed E-state index contributed by atoms with van der Waals surface area (Å²) in [5.41, 5.74) is 8.77. The highest BCUT2D eigenvalue weighted by molar-refractivity contribution is 7.54. The molecule has 1 aliphatic rings. The molecule has 1 aromatic carbocycles. The van der Waals surface area contributed by atoms with Gasteiger partial charge in [-0.3, -0.25) is 13.9 Å². The summed E-state index contributed by atoms with van der Waals surface area (Å²) in [6.07, 6.45) is -5.44. The van der Waals surface area contributed by atoms with Crippen molar-refractivity contribution in [2.75, 3.05) is 18.5 Å². The average Bonchev–Trinajstić information content (AvgIpc) is 3.10. The standard InChI is InChI=1S/C24H30ClN4O8P/c1-15(2)35-21(31)16(3)14-38(33,37-17-7-5-4-6-8-17)34-13-18-20(30)24(27,10-11-25)22(36-18)29-12-9-19(26)28-23(29)32/h4-9,12,15-16,18,20,22,30H,13-14,27H2,1-3H3,(H2,26,28,32)/t16-,18-,20+,22-,24?,38+/m1/s1/i13D2. The van der Waals surface area contributed by atoms with Crippen molar-refractivity contribution >= 4 is 31.0 Å². The van der Waals surface area contributed by atoms with E-state index in [-0.39, 0.29) is 11.6 Å². The fourth-order valence-electron chi connectivity index (χ4n) is 3.56. The van der Waals surface area contributed by atoms with Crippen molar-refractivity contribution in [3.05, 3.63) is 53.1 Å². The fraction of sp³-hybridized carbons (Fsp3) is 0.458. The molecule has 1 fully saturated rings. The SMILES string of the molecule is [2H]C([2H])(O[P@@](=O)(C[C@@H](C)C(=O)OC(C)C)Oc1ccccc1)[C@H]1O[C@@H](n2ccc(N)nc2=O)C(N)(C#CCl)[C@H]1O. The second-order valence-corrected chi connectivity index (χ2v) is 11.0. The van der Waals surface area contributed by atoms with Gasteiger partial charge in [-0.1, -0.05) is 31.0 Å². The van der Waals surface area contributed by atoms with Crippen molar-refractivity contribution in [2.24, 2.45) is 11.7 Å². The van der Waals surface area contributed by atoms with Crippen LogP contribution in [0.3, 0.4) is 0 Å². The zero-order chi connectivity index (χ0) is 29.9. The molecule has 0 bridgehead atoms. The second-order valence-electron chi connectivity index (χ2n) is 8.84. The molecule has 0 radical (unpaired) electrons. The molecular weight excluding hydrogens is 539 g/mol. The zero-order valence-electron chi connectivity index (χ0n) is 22.8. The summed E-state index contributed by atoms with van der Waals surface area (Å²) < 4.78 is 54.0. The molecule has 14 heteroatoms. The average molecular weight is 571 g/mol. The van der Waals surface area contributed by atoms with Gasteiger partial charge in [0.1, 0.15) is 23.8 Å². The first-order valence-electron chi connectivity index (χ1n) is 12.5. The molecule has 5 N–H and O–H groups in total. The number of nitrogen functional groups attached to an aromatic ring is 1. The number of benzene rings is 1. The number of hydrogen-bond donors (Lipinski definition) is 3. The lowest BCUT2D eigenvalue weighted by atomic mass is 9.92. The van der Waals surface area contributed by atoms with Gasteiger partial charge in [0.2, 0.25) is 0 Å². The van der Waals surface area contributed by atoms with E-state index in [1.807, 2.05) is 5.38 Å². The van der Waals surface area contributed by atoms with Gasteiger partial charge in [0.05, 0.1) is 27.5 Å². The predicted octanol–water partition coefficient (Wildman–Crippen LogP) is 1.86. The summed E-state index contributed by atoms with van der Waals surface area (Å²) in [5.74, 6) is 0.564. The van der Waals surface area contributed by atoms with E-state index in [0.29, 0.717) is 0 Å². The summed E-state index contributed by atoms with van der Waals surface area (Å²) in [6.45, 7) is 1.62. The van der Waals surface area contributed by atoms with Crippen LogP contribution in [0.25, 0.3) is 0 Å². The summed E-state index contributed by atoms with van der Waals surface area (Å²) in [4.78, 5) is 28.6. The quantitative estimate of drug-likeness (QED) is 0.216. The van der Waals surface area contributed by atoms with Crippen LogP contribution in [0.2, 0.25) is 0 Å². The number of para-hydroxylation sites is 1. The number of nitrogens with zero attached hydrogens (tertiary/aromatic N) is 2. The highest BCUT2D eigenvalue weighted by Gasteiger charge is 2.55. The van der Waals surface area contributed by atoms with E-state index in [1.54, 1.807) is 32.0 Å². The van der Waals surface area contributed by atoms with Gasteiger partial charge < -0.3 is 30.6 Å². The van der Waals surface area contributed by atoms with E-state index < -0.39 is 68.0 Å². The Morgan fingerprint density at radius 1 is 1.37 bits per heavy atom. The Labute approximate surface area is 227 Å². The first-order valence-corrected chi connectivity index (χ1v) is 13.6. The number of esters is 1. The van der Waals surface area contributed by atoms with Crippen molar-refractivity contribution in [1.82, 2.24) is 9.55 Å². The Bertz CT molecular complexity index is 1390. The Kier molecular flexibility index (Phi) is 8.64. The molecule has 6 atom stereocenters. The molecule has 0 spiro atoms. The smallest absolute Gasteiger partial charge is 0.380 e. The van der Waals surface area contributed by atoms with Crippen molar-refractivity contribution in [3.8, 4) is 17.0 Å². The van der Waals surface area contributed by atoms with Gasteiger partial charge >= 0.3 is 19.3 Å². The summed E-state index contributed by atoms with van der Waals surface area (Å²) in [5, 5.41) is 13.1. The Morgan fingerprint density at radius 3 is 2.66 bits per heavy atom. The molecule has 12 nitrogen and oxygen atoms in total. The van der Waals surface area contributed by atoms with E-state index in [4.69, 9.17) is 44.3 Å². The number of aliphatic hydroxyl groups excluding tert-OH is 1. The Hall–Kier alpha value is -2.91. The highest BCUT2D eigenvalue weighted by atomic mass is 35.5. The minimum atomic E-state index is -4.53. The molecule has 1 saturated heterocycles. The predicted molar refractivity (Wildman–Crippen MR) is 139 cm³/mol. The topological polar surface area (TPSA) is 178 Å². The zero-order valence-corrected chi connectivity index (χ0v) is 22.5. The van der Waals surface area contributed by atoms with Crippen LogP contribution in [0.5, 0.6) is 5.75 Å². The van der Waals surface area contributed by atoms with Crippen molar-refractivity contribution < 1.29 is 35.7 Å². The Morgan fingerprint density at radius 2 is 2.05 bits per heavy atom. The van der Waals surface area contributed by atoms with Crippen LogP contribution >= 0.6 is 19.2 Å². The van der Waals surface area contributed by atoms with Gasteiger partial charge in [0.25, 0.3) is 0 Å². The third-order valence-corrected chi connectivity index (χ3v) is 7.34. The van der Waals surface area contributed by atoms with Crippen molar-refractivity contribution in [3.63, 3.8) is 0 Å². The molecule has 1 aromatic heterocycles. The maximum atomic E-state index is 14.0. The number of ether oxygens (including phenoxy) is 2. The minimum Gasteiger partial charge on any atom is -0.463 e. The van der Waals surface area contributed by atoms with E-state index in [9.17, 15) is 19.3 Å². The lowest BCUT2D eigenvalue weighted by Crippen LogP contribution is -2.55. The number of carbonyl (C=O) groups is 1. The molecule has 38 heavy (non-hydrogen) atoms. The number of halogens is 1. The van der Waals surface area contributed by atoms with Crippen molar-refractivity contribution in [1.29, 1.82) is 0 Å². The lowest BCUT2D eigenvalue weighted by molar-refractivity contribution is -0.151. The van der Waals surface area contributed by atoms with E-state index in [1.165, 1.54) is 31.3 Å². The largest absolute Gasteiger partial charge is 0.463 e. The molecule has 0 saturated carbocycles. The number of aliphatic hydroxyl groups is 1. The highest BCUT2D eigenvalue weighted by Crippen LogP contribution is 2.51. The summed E-state index contributed by atoms with van der Waals surface area (Å²) in [6, 6.07) is 9.03. The first kappa shape index (κ1) is 26.7. The number of rotatable bonds is 10. The normalized spacial score (nSPS) is 26.3. The molecule has 2 heterocycles. The maximum absolute atomic E-state index is 14.0. The first-order chi connectivity index (χ1) is 18.6. The molecule has 1 unspecified atom stereocenters. The van der Waals surface area contributed by atoms with Gasteiger partial charge in [0, 0.05) is 11.6 Å². The van der Waals surface area contributed by atoms with Gasteiger partial charge in [-0.05, 0) is 43.6 Å². The van der Waals surface area contributed by atoms with Gasteiger partial charge in [-0.25, -0.2) is 9.36 Å². The lowest BCUT2D eigenvalue weighted by Gasteiger charge is -2.27. The van der Waals surface area contributed by atoms with Crippen LogP contribution in [0.15, 0.2) is 47.4 Å². The van der Waals surface area contributed by atoms with Crippen LogP contribution in [0.4, 0.5) is 5.82 Å². The third-order valence-electron chi connectivity index (χ3n) is 5.38. The number of anilines is 1. The van der Waals surface area contributed by atoms with E-state index >= 15 is 0 Å². The molecule has 2 aromatic rings. The monoisotopic (exact) mass is 570 g/mol. The van der Waals surface area contributed by atoms with Crippen LogP contribution in [0.1, 0.15) is 29.7 Å². The van der Waals surface area contributed by atoms with Crippen LogP contribution < -0.4 is 21.7 Å². The van der Waals surface area contributed by atoms with E-state index in [2.05, 4.69) is 10.9 Å². The van der Waals surface area contributed by atoms with Crippen LogP contribution in [-0.2, 0) is 23.4 Å².